The first kappa shape index (κ1) is 18.3. The highest BCUT2D eigenvalue weighted by molar-refractivity contribution is 6.30. The van der Waals surface area contributed by atoms with Crippen molar-refractivity contribution >= 4 is 29.9 Å². The number of amides is 1. The lowest BCUT2D eigenvalue weighted by molar-refractivity contribution is -0.121. The number of aryl methyl sites for hydroxylation is 1. The van der Waals surface area contributed by atoms with E-state index in [1.807, 2.05) is 24.3 Å². The number of rotatable bonds is 7. The van der Waals surface area contributed by atoms with Crippen LogP contribution >= 0.6 is 24.0 Å². The molecule has 0 spiro atoms. The molecule has 21 heavy (non-hydrogen) atoms. The summed E-state index contributed by atoms with van der Waals surface area (Å²) in [5.74, 6) is 0.164. The van der Waals surface area contributed by atoms with Crippen LogP contribution in [-0.2, 0) is 11.2 Å². The molecule has 2 N–H and O–H groups in total. The number of benzene rings is 1. The van der Waals surface area contributed by atoms with Crippen LogP contribution in [0.5, 0.6) is 0 Å². The summed E-state index contributed by atoms with van der Waals surface area (Å²) in [7, 11) is 0. The summed E-state index contributed by atoms with van der Waals surface area (Å²) in [6, 6.07) is 8.43. The minimum atomic E-state index is 0. The molecule has 0 radical (unpaired) electrons. The molecule has 1 fully saturated rings. The van der Waals surface area contributed by atoms with Gasteiger partial charge in [-0.05, 0) is 56.3 Å². The molecule has 1 heterocycles. The van der Waals surface area contributed by atoms with Crippen LogP contribution in [-0.4, -0.2) is 25.0 Å². The van der Waals surface area contributed by atoms with Crippen molar-refractivity contribution in [3.63, 3.8) is 0 Å². The zero-order valence-corrected chi connectivity index (χ0v) is 13.8. The molecular formula is C16H24Cl2N2O. The molecule has 5 heteroatoms. The second-order valence-corrected chi connectivity index (χ2v) is 5.85. The van der Waals surface area contributed by atoms with Crippen molar-refractivity contribution in [2.24, 2.45) is 0 Å². The molecule has 0 aromatic heterocycles. The van der Waals surface area contributed by atoms with Gasteiger partial charge in [-0.3, -0.25) is 4.79 Å². The summed E-state index contributed by atoms with van der Waals surface area (Å²) < 4.78 is 0. The second kappa shape index (κ2) is 10.0. The fourth-order valence-corrected chi connectivity index (χ4v) is 2.71. The Bertz CT molecular complexity index is 417. The van der Waals surface area contributed by atoms with Crippen molar-refractivity contribution in [1.82, 2.24) is 10.6 Å². The average Bonchev–Trinajstić information content (AvgIpc) is 2.94. The maximum atomic E-state index is 11.7. The Morgan fingerprint density at radius 1 is 1.33 bits per heavy atom. The van der Waals surface area contributed by atoms with E-state index in [9.17, 15) is 4.79 Å². The number of halogens is 2. The number of hydrogen-bond acceptors (Lipinski definition) is 2. The summed E-state index contributed by atoms with van der Waals surface area (Å²) >= 11 is 5.84. The van der Waals surface area contributed by atoms with Gasteiger partial charge >= 0.3 is 0 Å². The van der Waals surface area contributed by atoms with Gasteiger partial charge in [0.05, 0.1) is 0 Å². The Morgan fingerprint density at radius 3 is 2.76 bits per heavy atom. The van der Waals surface area contributed by atoms with Gasteiger partial charge in [0.2, 0.25) is 5.91 Å². The van der Waals surface area contributed by atoms with Crippen molar-refractivity contribution in [2.75, 3.05) is 13.1 Å². The lowest BCUT2D eigenvalue weighted by Gasteiger charge is -2.10. The van der Waals surface area contributed by atoms with E-state index in [-0.39, 0.29) is 18.3 Å². The number of carbonyl (C=O) groups is 1. The van der Waals surface area contributed by atoms with Crippen molar-refractivity contribution in [1.29, 1.82) is 0 Å². The molecule has 1 aliphatic heterocycles. The van der Waals surface area contributed by atoms with Crippen molar-refractivity contribution in [3.8, 4) is 0 Å². The highest BCUT2D eigenvalue weighted by atomic mass is 35.5. The zero-order valence-electron chi connectivity index (χ0n) is 12.2. The summed E-state index contributed by atoms with van der Waals surface area (Å²) in [6.07, 6.45) is 5.96. The Kier molecular flexibility index (Phi) is 8.74. The normalized spacial score (nSPS) is 17.3. The third kappa shape index (κ3) is 7.16. The third-order valence-corrected chi connectivity index (χ3v) is 4.01. The standard InChI is InChI=1S/C16H23ClN2O.ClH/c17-14-8-6-13(7-9-14)3-1-5-16(20)19-12-10-15-4-2-11-18-15;/h6-9,15,18H,1-5,10-12H2,(H,19,20);1H/t15-;/m0./s1. The van der Waals surface area contributed by atoms with Gasteiger partial charge in [0, 0.05) is 24.0 Å². The second-order valence-electron chi connectivity index (χ2n) is 5.41. The first-order valence-electron chi connectivity index (χ1n) is 7.48. The van der Waals surface area contributed by atoms with E-state index < -0.39 is 0 Å². The maximum Gasteiger partial charge on any atom is 0.220 e. The highest BCUT2D eigenvalue weighted by Crippen LogP contribution is 2.11. The molecule has 1 aromatic carbocycles. The molecule has 1 atom stereocenters. The highest BCUT2D eigenvalue weighted by Gasteiger charge is 2.13. The fourth-order valence-electron chi connectivity index (χ4n) is 2.58. The molecule has 1 aliphatic rings. The molecule has 0 bridgehead atoms. The quantitative estimate of drug-likeness (QED) is 0.805. The Hall–Kier alpha value is -0.770. The molecule has 1 aromatic rings. The van der Waals surface area contributed by atoms with Gasteiger partial charge in [0.25, 0.3) is 0 Å². The van der Waals surface area contributed by atoms with E-state index >= 15 is 0 Å². The predicted octanol–water partition coefficient (Wildman–Crippen LogP) is 3.34. The monoisotopic (exact) mass is 330 g/mol. The molecule has 3 nitrogen and oxygen atoms in total. The van der Waals surface area contributed by atoms with Gasteiger partial charge < -0.3 is 10.6 Å². The van der Waals surface area contributed by atoms with Crippen LogP contribution in [0.3, 0.4) is 0 Å². The van der Waals surface area contributed by atoms with E-state index in [1.54, 1.807) is 0 Å². The van der Waals surface area contributed by atoms with E-state index in [1.165, 1.54) is 18.4 Å². The number of hydrogen-bond donors (Lipinski definition) is 2. The molecule has 0 saturated carbocycles. The van der Waals surface area contributed by atoms with Gasteiger partial charge in [-0.2, -0.15) is 0 Å². The first-order valence-corrected chi connectivity index (χ1v) is 7.86. The predicted molar refractivity (Wildman–Crippen MR) is 90.3 cm³/mol. The minimum absolute atomic E-state index is 0. The zero-order chi connectivity index (χ0) is 14.2. The van der Waals surface area contributed by atoms with E-state index in [4.69, 9.17) is 11.6 Å². The largest absolute Gasteiger partial charge is 0.356 e. The molecule has 0 unspecified atom stereocenters. The van der Waals surface area contributed by atoms with Crippen LogP contribution < -0.4 is 10.6 Å². The van der Waals surface area contributed by atoms with Gasteiger partial charge in [-0.1, -0.05) is 23.7 Å². The first-order chi connectivity index (χ1) is 9.74. The van der Waals surface area contributed by atoms with Crippen molar-refractivity contribution < 1.29 is 4.79 Å². The SMILES string of the molecule is Cl.O=C(CCCc1ccc(Cl)cc1)NCC[C@@H]1CCCN1. The van der Waals surface area contributed by atoms with Crippen LogP contribution in [0.4, 0.5) is 0 Å². The summed E-state index contributed by atoms with van der Waals surface area (Å²) in [6.45, 7) is 1.91. The van der Waals surface area contributed by atoms with E-state index in [2.05, 4.69) is 10.6 Å². The Labute approximate surface area is 138 Å². The summed E-state index contributed by atoms with van der Waals surface area (Å²) in [5.41, 5.74) is 1.23. The minimum Gasteiger partial charge on any atom is -0.356 e. The third-order valence-electron chi connectivity index (χ3n) is 3.76. The Morgan fingerprint density at radius 2 is 2.10 bits per heavy atom. The molecule has 1 saturated heterocycles. The fraction of sp³-hybridized carbons (Fsp3) is 0.562. The smallest absolute Gasteiger partial charge is 0.220 e. The van der Waals surface area contributed by atoms with E-state index in [0.29, 0.717) is 12.5 Å². The summed E-state index contributed by atoms with van der Waals surface area (Å²) in [4.78, 5) is 11.7. The van der Waals surface area contributed by atoms with Gasteiger partial charge in [0.1, 0.15) is 0 Å². The molecular weight excluding hydrogens is 307 g/mol. The summed E-state index contributed by atoms with van der Waals surface area (Å²) in [5, 5.41) is 7.20. The van der Waals surface area contributed by atoms with E-state index in [0.717, 1.165) is 37.4 Å². The van der Waals surface area contributed by atoms with Crippen LogP contribution in [0.15, 0.2) is 24.3 Å². The topological polar surface area (TPSA) is 41.1 Å². The molecule has 1 amide bonds. The Balaban J connectivity index is 0.00000220. The maximum absolute atomic E-state index is 11.7. The number of nitrogens with one attached hydrogen (secondary N) is 2. The van der Waals surface area contributed by atoms with Gasteiger partial charge in [-0.15, -0.1) is 12.4 Å². The van der Waals surface area contributed by atoms with Crippen LogP contribution in [0.2, 0.25) is 5.02 Å². The molecule has 118 valence electrons. The molecule has 0 aliphatic carbocycles. The van der Waals surface area contributed by atoms with Crippen LogP contribution in [0, 0.1) is 0 Å². The van der Waals surface area contributed by atoms with Gasteiger partial charge in [0.15, 0.2) is 0 Å². The van der Waals surface area contributed by atoms with Gasteiger partial charge in [-0.25, -0.2) is 0 Å². The average molecular weight is 331 g/mol. The number of carbonyl (C=O) groups excluding carboxylic acids is 1. The van der Waals surface area contributed by atoms with Crippen LogP contribution in [0.25, 0.3) is 0 Å². The van der Waals surface area contributed by atoms with Crippen molar-refractivity contribution in [3.05, 3.63) is 34.9 Å². The van der Waals surface area contributed by atoms with Crippen LogP contribution in [0.1, 0.15) is 37.7 Å². The van der Waals surface area contributed by atoms with Crippen molar-refractivity contribution in [2.45, 2.75) is 44.6 Å². The molecule has 2 rings (SSSR count). The lowest BCUT2D eigenvalue weighted by Crippen LogP contribution is -2.30. The lowest BCUT2D eigenvalue weighted by atomic mass is 10.1.